The molecular formula is C16H17N5O. The second-order valence-electron chi connectivity index (χ2n) is 5.71. The summed E-state index contributed by atoms with van der Waals surface area (Å²) in [6.07, 6.45) is 1.66. The Bertz CT molecular complexity index is 780. The zero-order valence-electron chi connectivity index (χ0n) is 12.4. The Labute approximate surface area is 128 Å². The number of nitrogens with one attached hydrogen (secondary N) is 1. The number of rotatable bonds is 4. The van der Waals surface area contributed by atoms with Gasteiger partial charge in [0, 0.05) is 25.2 Å². The molecule has 3 aromatic rings. The van der Waals surface area contributed by atoms with Crippen molar-refractivity contribution in [3.8, 4) is 5.75 Å². The van der Waals surface area contributed by atoms with Crippen LogP contribution in [0.1, 0.15) is 17.3 Å². The fourth-order valence-electron chi connectivity index (χ4n) is 2.92. The summed E-state index contributed by atoms with van der Waals surface area (Å²) in [5.74, 6) is 1.35. The first-order valence-corrected chi connectivity index (χ1v) is 7.36. The molecule has 0 aliphatic carbocycles. The van der Waals surface area contributed by atoms with Gasteiger partial charge in [-0.05, 0) is 31.3 Å². The Morgan fingerprint density at radius 3 is 2.95 bits per heavy atom. The summed E-state index contributed by atoms with van der Waals surface area (Å²) in [7, 11) is 2.13. The van der Waals surface area contributed by atoms with E-state index in [1.807, 2.05) is 30.3 Å². The molecule has 1 fully saturated rings. The number of hydrogen-bond acceptors (Lipinski definition) is 5. The van der Waals surface area contributed by atoms with E-state index in [0.29, 0.717) is 12.5 Å². The van der Waals surface area contributed by atoms with Gasteiger partial charge in [0.1, 0.15) is 18.1 Å². The van der Waals surface area contributed by atoms with Crippen molar-refractivity contribution < 1.29 is 4.74 Å². The van der Waals surface area contributed by atoms with Crippen LogP contribution in [0.2, 0.25) is 0 Å². The zero-order valence-corrected chi connectivity index (χ0v) is 12.4. The lowest BCUT2D eigenvalue weighted by Crippen LogP contribution is -2.41. The molecule has 2 aromatic heterocycles. The molecule has 0 atom stereocenters. The Hall–Kier alpha value is -2.47. The van der Waals surface area contributed by atoms with Crippen molar-refractivity contribution in [2.24, 2.45) is 0 Å². The monoisotopic (exact) mass is 295 g/mol. The van der Waals surface area contributed by atoms with Gasteiger partial charge in [-0.3, -0.25) is 5.10 Å². The highest BCUT2D eigenvalue weighted by Gasteiger charge is 2.29. The average molecular weight is 295 g/mol. The van der Waals surface area contributed by atoms with Crippen LogP contribution in [-0.2, 0) is 6.61 Å². The van der Waals surface area contributed by atoms with Crippen molar-refractivity contribution in [1.82, 2.24) is 25.3 Å². The smallest absolute Gasteiger partial charge is 0.132 e. The van der Waals surface area contributed by atoms with E-state index >= 15 is 0 Å². The molecule has 1 aliphatic rings. The fraction of sp³-hybridized carbons (Fsp3) is 0.312. The molecular weight excluding hydrogens is 278 g/mol. The van der Waals surface area contributed by atoms with E-state index in [9.17, 15) is 0 Å². The van der Waals surface area contributed by atoms with Gasteiger partial charge in [-0.1, -0.05) is 6.07 Å². The molecule has 0 spiro atoms. The van der Waals surface area contributed by atoms with Gasteiger partial charge in [0.05, 0.1) is 16.6 Å². The number of likely N-dealkylation sites (N-methyl/N-ethyl adjacent to an activating group) is 1. The standard InChI is InChI=1S/C16H17N5O/c1-21-8-11(9-21)16-15-13(19-20-16)5-2-6-14(15)22-10-12-4-3-7-17-18-12/h2-7,11H,8-10H2,1H3,(H,19,20). The summed E-state index contributed by atoms with van der Waals surface area (Å²) in [5.41, 5.74) is 2.93. The molecule has 0 saturated carbocycles. The molecule has 22 heavy (non-hydrogen) atoms. The normalized spacial score (nSPS) is 15.9. The average Bonchev–Trinajstić information content (AvgIpc) is 2.95. The van der Waals surface area contributed by atoms with Crippen LogP contribution in [0.3, 0.4) is 0 Å². The van der Waals surface area contributed by atoms with Crippen LogP contribution in [0.15, 0.2) is 36.5 Å². The molecule has 0 radical (unpaired) electrons. The zero-order chi connectivity index (χ0) is 14.9. The van der Waals surface area contributed by atoms with Gasteiger partial charge in [-0.15, -0.1) is 0 Å². The molecule has 1 aliphatic heterocycles. The summed E-state index contributed by atoms with van der Waals surface area (Å²) >= 11 is 0. The summed E-state index contributed by atoms with van der Waals surface area (Å²) in [6.45, 7) is 2.51. The molecule has 3 heterocycles. The quantitative estimate of drug-likeness (QED) is 0.797. The third-order valence-corrected chi connectivity index (χ3v) is 4.05. The van der Waals surface area contributed by atoms with E-state index in [2.05, 4.69) is 32.3 Å². The number of H-pyrrole nitrogens is 1. The number of aromatic nitrogens is 4. The van der Waals surface area contributed by atoms with E-state index in [-0.39, 0.29) is 0 Å². The van der Waals surface area contributed by atoms with E-state index in [0.717, 1.165) is 35.4 Å². The molecule has 1 N–H and O–H groups in total. The summed E-state index contributed by atoms with van der Waals surface area (Å²) in [4.78, 5) is 2.29. The minimum Gasteiger partial charge on any atom is -0.486 e. The first-order chi connectivity index (χ1) is 10.8. The SMILES string of the molecule is CN1CC(c2[nH]nc3cccc(OCc4cccnn4)c23)C1. The van der Waals surface area contributed by atoms with Crippen LogP contribution < -0.4 is 4.74 Å². The Balaban J connectivity index is 1.64. The van der Waals surface area contributed by atoms with Crippen molar-refractivity contribution in [2.75, 3.05) is 20.1 Å². The molecule has 6 heteroatoms. The van der Waals surface area contributed by atoms with Crippen LogP contribution in [0.5, 0.6) is 5.75 Å². The largest absolute Gasteiger partial charge is 0.486 e. The second kappa shape index (κ2) is 5.38. The molecule has 0 amide bonds. The number of likely N-dealkylation sites (tertiary alicyclic amines) is 1. The summed E-state index contributed by atoms with van der Waals surface area (Å²) in [6, 6.07) is 9.73. The van der Waals surface area contributed by atoms with E-state index in [4.69, 9.17) is 4.74 Å². The second-order valence-corrected chi connectivity index (χ2v) is 5.71. The molecule has 1 aromatic carbocycles. The maximum absolute atomic E-state index is 5.97. The number of nitrogens with zero attached hydrogens (tertiary/aromatic N) is 4. The van der Waals surface area contributed by atoms with E-state index < -0.39 is 0 Å². The van der Waals surface area contributed by atoms with Gasteiger partial charge in [0.2, 0.25) is 0 Å². The van der Waals surface area contributed by atoms with Gasteiger partial charge in [-0.25, -0.2) is 0 Å². The third kappa shape index (κ3) is 2.31. The lowest BCUT2D eigenvalue weighted by molar-refractivity contribution is 0.187. The highest BCUT2D eigenvalue weighted by atomic mass is 16.5. The van der Waals surface area contributed by atoms with Crippen LogP contribution in [0, 0.1) is 0 Å². The van der Waals surface area contributed by atoms with Crippen molar-refractivity contribution in [3.63, 3.8) is 0 Å². The number of aromatic amines is 1. The van der Waals surface area contributed by atoms with Gasteiger partial charge >= 0.3 is 0 Å². The molecule has 4 rings (SSSR count). The Morgan fingerprint density at radius 1 is 1.27 bits per heavy atom. The fourth-order valence-corrected chi connectivity index (χ4v) is 2.92. The first kappa shape index (κ1) is 13.2. The number of hydrogen-bond donors (Lipinski definition) is 1. The Morgan fingerprint density at radius 2 is 2.18 bits per heavy atom. The molecule has 0 bridgehead atoms. The van der Waals surface area contributed by atoms with Crippen molar-refractivity contribution in [1.29, 1.82) is 0 Å². The first-order valence-electron chi connectivity index (χ1n) is 7.36. The van der Waals surface area contributed by atoms with Gasteiger partial charge in [0.25, 0.3) is 0 Å². The van der Waals surface area contributed by atoms with Crippen LogP contribution in [-0.4, -0.2) is 45.4 Å². The summed E-state index contributed by atoms with van der Waals surface area (Å²) in [5, 5.41) is 16.6. The Kier molecular flexibility index (Phi) is 3.23. The van der Waals surface area contributed by atoms with Gasteiger partial charge in [0.15, 0.2) is 0 Å². The third-order valence-electron chi connectivity index (χ3n) is 4.05. The van der Waals surface area contributed by atoms with Crippen molar-refractivity contribution >= 4 is 10.9 Å². The van der Waals surface area contributed by atoms with Crippen LogP contribution in [0.4, 0.5) is 0 Å². The minimum atomic E-state index is 0.405. The highest BCUT2D eigenvalue weighted by Crippen LogP contribution is 2.35. The van der Waals surface area contributed by atoms with Gasteiger partial charge < -0.3 is 9.64 Å². The molecule has 0 unspecified atom stereocenters. The molecule has 1 saturated heterocycles. The van der Waals surface area contributed by atoms with Crippen molar-refractivity contribution in [2.45, 2.75) is 12.5 Å². The molecule has 6 nitrogen and oxygen atoms in total. The highest BCUT2D eigenvalue weighted by molar-refractivity contribution is 5.88. The summed E-state index contributed by atoms with van der Waals surface area (Å²) < 4.78 is 5.97. The predicted molar refractivity (Wildman–Crippen MR) is 82.7 cm³/mol. The van der Waals surface area contributed by atoms with Crippen LogP contribution in [0.25, 0.3) is 10.9 Å². The lowest BCUT2D eigenvalue weighted by Gasteiger charge is -2.35. The van der Waals surface area contributed by atoms with Crippen molar-refractivity contribution in [3.05, 3.63) is 47.9 Å². The number of fused-ring (bicyclic) bond motifs is 1. The lowest BCUT2D eigenvalue weighted by atomic mass is 9.94. The topological polar surface area (TPSA) is 66.9 Å². The number of ether oxygens (including phenoxy) is 1. The number of benzene rings is 1. The van der Waals surface area contributed by atoms with E-state index in [1.165, 1.54) is 5.69 Å². The van der Waals surface area contributed by atoms with Gasteiger partial charge in [-0.2, -0.15) is 15.3 Å². The maximum Gasteiger partial charge on any atom is 0.132 e. The predicted octanol–water partition coefficient (Wildman–Crippen LogP) is 1.96. The molecule has 112 valence electrons. The van der Waals surface area contributed by atoms with E-state index in [1.54, 1.807) is 6.20 Å². The minimum absolute atomic E-state index is 0.405. The van der Waals surface area contributed by atoms with Crippen LogP contribution >= 0.6 is 0 Å². The maximum atomic E-state index is 5.97.